The van der Waals surface area contributed by atoms with E-state index in [4.69, 9.17) is 0 Å². The molecule has 1 N–H and O–H groups in total. The Morgan fingerprint density at radius 3 is 2.90 bits per heavy atom. The van der Waals surface area contributed by atoms with Crippen LogP contribution in [0.4, 0.5) is 0 Å². The average molecular weight is 409 g/mol. The van der Waals surface area contributed by atoms with Gasteiger partial charge in [0.15, 0.2) is 0 Å². The number of imidazole rings is 1. The molecule has 158 valence electrons. The molecule has 4 rings (SSSR count). The second-order valence-electron chi connectivity index (χ2n) is 7.91. The van der Waals surface area contributed by atoms with Gasteiger partial charge in [-0.2, -0.15) is 5.10 Å². The summed E-state index contributed by atoms with van der Waals surface area (Å²) in [6.45, 7) is 6.59. The van der Waals surface area contributed by atoms with Crippen LogP contribution in [-0.4, -0.2) is 55.6 Å². The number of hydrogen-bond donors (Lipinski definition) is 1. The molecule has 0 bridgehead atoms. The minimum absolute atomic E-state index is 0.0782. The third-order valence-corrected chi connectivity index (χ3v) is 5.77. The standard InChI is InChI=1S/C22H28N6O2/c1-16-9-10-20(29)28(25-16)14-13-26-11-5-3-7-18(26)15-23-22(30)21-17(2)24-19-8-4-6-12-27(19)21/h4,6,8-10,12,18H,3,5,7,11,13-15H2,1-2H3,(H,23,30). The molecular weight excluding hydrogens is 380 g/mol. The molecule has 0 radical (unpaired) electrons. The van der Waals surface area contributed by atoms with Crippen LogP contribution in [0.3, 0.4) is 0 Å². The number of hydrogen-bond acceptors (Lipinski definition) is 5. The molecule has 3 aromatic heterocycles. The van der Waals surface area contributed by atoms with E-state index < -0.39 is 0 Å². The molecule has 1 atom stereocenters. The molecule has 8 heteroatoms. The van der Waals surface area contributed by atoms with Crippen LogP contribution in [0.2, 0.25) is 0 Å². The van der Waals surface area contributed by atoms with Gasteiger partial charge in [-0.3, -0.25) is 18.9 Å². The predicted octanol–water partition coefficient (Wildman–Crippen LogP) is 1.79. The Hall–Kier alpha value is -3.00. The second kappa shape index (κ2) is 8.79. The van der Waals surface area contributed by atoms with Gasteiger partial charge in [0, 0.05) is 31.4 Å². The number of amides is 1. The Bertz CT molecular complexity index is 1100. The van der Waals surface area contributed by atoms with E-state index in [-0.39, 0.29) is 17.5 Å². The van der Waals surface area contributed by atoms with Gasteiger partial charge in [-0.25, -0.2) is 9.67 Å². The Balaban J connectivity index is 1.41. The van der Waals surface area contributed by atoms with E-state index in [9.17, 15) is 9.59 Å². The van der Waals surface area contributed by atoms with E-state index in [1.54, 1.807) is 12.1 Å². The van der Waals surface area contributed by atoms with E-state index in [1.807, 2.05) is 42.6 Å². The molecule has 1 amide bonds. The lowest BCUT2D eigenvalue weighted by Crippen LogP contribution is -2.48. The van der Waals surface area contributed by atoms with Gasteiger partial charge in [0.1, 0.15) is 11.3 Å². The van der Waals surface area contributed by atoms with Crippen molar-refractivity contribution in [1.82, 2.24) is 29.4 Å². The van der Waals surface area contributed by atoms with Crippen molar-refractivity contribution >= 4 is 11.6 Å². The van der Waals surface area contributed by atoms with Crippen molar-refractivity contribution in [3.63, 3.8) is 0 Å². The van der Waals surface area contributed by atoms with E-state index >= 15 is 0 Å². The van der Waals surface area contributed by atoms with Gasteiger partial charge in [0.25, 0.3) is 11.5 Å². The fourth-order valence-electron chi connectivity index (χ4n) is 4.20. The Morgan fingerprint density at radius 2 is 2.03 bits per heavy atom. The summed E-state index contributed by atoms with van der Waals surface area (Å²) < 4.78 is 3.36. The SMILES string of the molecule is Cc1ccc(=O)n(CCN2CCCCC2CNC(=O)c2c(C)nc3ccccn23)n1. The maximum atomic E-state index is 12.9. The Morgan fingerprint density at radius 1 is 1.17 bits per heavy atom. The highest BCUT2D eigenvalue weighted by molar-refractivity contribution is 5.94. The van der Waals surface area contributed by atoms with Gasteiger partial charge < -0.3 is 5.32 Å². The molecule has 1 aliphatic heterocycles. The number of carbonyl (C=O) groups is 1. The van der Waals surface area contributed by atoms with Crippen LogP contribution >= 0.6 is 0 Å². The van der Waals surface area contributed by atoms with Crippen molar-refractivity contribution in [3.8, 4) is 0 Å². The smallest absolute Gasteiger partial charge is 0.270 e. The molecule has 0 saturated carbocycles. The number of aromatic nitrogens is 4. The van der Waals surface area contributed by atoms with Crippen LogP contribution in [0.1, 0.15) is 41.1 Å². The number of piperidine rings is 1. The molecule has 1 saturated heterocycles. The van der Waals surface area contributed by atoms with Crippen LogP contribution in [-0.2, 0) is 6.54 Å². The molecule has 0 aliphatic carbocycles. The van der Waals surface area contributed by atoms with Crippen molar-refractivity contribution in [2.45, 2.75) is 45.7 Å². The maximum absolute atomic E-state index is 12.9. The summed E-state index contributed by atoms with van der Waals surface area (Å²) in [6.07, 6.45) is 5.17. The summed E-state index contributed by atoms with van der Waals surface area (Å²) in [5.74, 6) is -0.103. The van der Waals surface area contributed by atoms with Crippen LogP contribution in [0.15, 0.2) is 41.3 Å². The topological polar surface area (TPSA) is 84.5 Å². The average Bonchev–Trinajstić information content (AvgIpc) is 3.09. The van der Waals surface area contributed by atoms with E-state index in [2.05, 4.69) is 20.3 Å². The lowest BCUT2D eigenvalue weighted by atomic mass is 10.0. The minimum atomic E-state index is -0.103. The molecule has 1 fully saturated rings. The molecule has 0 spiro atoms. The quantitative estimate of drug-likeness (QED) is 0.672. The minimum Gasteiger partial charge on any atom is -0.349 e. The van der Waals surface area contributed by atoms with E-state index in [0.717, 1.165) is 49.4 Å². The first-order valence-electron chi connectivity index (χ1n) is 10.5. The van der Waals surface area contributed by atoms with Gasteiger partial charge in [0.2, 0.25) is 0 Å². The number of aryl methyl sites for hydroxylation is 2. The zero-order chi connectivity index (χ0) is 21.1. The molecule has 4 heterocycles. The van der Waals surface area contributed by atoms with E-state index in [0.29, 0.717) is 18.8 Å². The van der Waals surface area contributed by atoms with Gasteiger partial charge in [0.05, 0.1) is 17.9 Å². The fraction of sp³-hybridized carbons (Fsp3) is 0.455. The lowest BCUT2D eigenvalue weighted by Gasteiger charge is -2.35. The Labute approximate surface area is 175 Å². The van der Waals surface area contributed by atoms with Gasteiger partial charge in [-0.1, -0.05) is 12.5 Å². The third kappa shape index (κ3) is 4.28. The molecule has 8 nitrogen and oxygen atoms in total. The summed E-state index contributed by atoms with van der Waals surface area (Å²) in [6, 6.07) is 9.26. The van der Waals surface area contributed by atoms with Crippen molar-refractivity contribution in [2.24, 2.45) is 0 Å². The number of nitrogens with zero attached hydrogens (tertiary/aromatic N) is 5. The first-order chi connectivity index (χ1) is 14.5. The van der Waals surface area contributed by atoms with Gasteiger partial charge in [-0.15, -0.1) is 0 Å². The third-order valence-electron chi connectivity index (χ3n) is 5.77. The number of fused-ring (bicyclic) bond motifs is 1. The summed E-state index contributed by atoms with van der Waals surface area (Å²) in [4.78, 5) is 31.8. The number of nitrogens with one attached hydrogen (secondary N) is 1. The number of carbonyl (C=O) groups excluding carboxylic acids is 1. The second-order valence-corrected chi connectivity index (χ2v) is 7.91. The van der Waals surface area contributed by atoms with Crippen molar-refractivity contribution < 1.29 is 4.79 Å². The first-order valence-corrected chi connectivity index (χ1v) is 10.5. The number of rotatable bonds is 6. The summed E-state index contributed by atoms with van der Waals surface area (Å²) in [5, 5.41) is 7.44. The highest BCUT2D eigenvalue weighted by Gasteiger charge is 2.24. The van der Waals surface area contributed by atoms with Crippen LogP contribution < -0.4 is 10.9 Å². The Kier molecular flexibility index (Phi) is 5.94. The van der Waals surface area contributed by atoms with Crippen LogP contribution in [0.5, 0.6) is 0 Å². The van der Waals surface area contributed by atoms with Crippen molar-refractivity contribution in [1.29, 1.82) is 0 Å². The first kappa shape index (κ1) is 20.3. The van der Waals surface area contributed by atoms with Crippen molar-refractivity contribution in [2.75, 3.05) is 19.6 Å². The number of likely N-dealkylation sites (tertiary alicyclic amines) is 1. The molecule has 0 aromatic carbocycles. The monoisotopic (exact) mass is 408 g/mol. The van der Waals surface area contributed by atoms with Gasteiger partial charge >= 0.3 is 0 Å². The summed E-state index contributed by atoms with van der Waals surface area (Å²) >= 11 is 0. The summed E-state index contributed by atoms with van der Waals surface area (Å²) in [7, 11) is 0. The molecule has 30 heavy (non-hydrogen) atoms. The van der Waals surface area contributed by atoms with E-state index in [1.165, 1.54) is 4.68 Å². The highest BCUT2D eigenvalue weighted by Crippen LogP contribution is 2.17. The predicted molar refractivity (Wildman–Crippen MR) is 115 cm³/mol. The highest BCUT2D eigenvalue weighted by atomic mass is 16.2. The lowest BCUT2D eigenvalue weighted by molar-refractivity contribution is 0.0903. The number of pyridine rings is 1. The van der Waals surface area contributed by atoms with Gasteiger partial charge in [-0.05, 0) is 51.4 Å². The molecule has 1 unspecified atom stereocenters. The summed E-state index contributed by atoms with van der Waals surface area (Å²) in [5.41, 5.74) is 2.84. The van der Waals surface area contributed by atoms with Crippen LogP contribution in [0.25, 0.3) is 5.65 Å². The van der Waals surface area contributed by atoms with Crippen molar-refractivity contribution in [3.05, 3.63) is 64.0 Å². The zero-order valence-electron chi connectivity index (χ0n) is 17.5. The maximum Gasteiger partial charge on any atom is 0.270 e. The van der Waals surface area contributed by atoms with Crippen LogP contribution in [0, 0.1) is 13.8 Å². The largest absolute Gasteiger partial charge is 0.349 e. The fourth-order valence-corrected chi connectivity index (χ4v) is 4.20. The zero-order valence-corrected chi connectivity index (χ0v) is 17.5. The molecular formula is C22H28N6O2. The normalized spacial score (nSPS) is 17.3. The molecule has 3 aromatic rings. The molecule has 1 aliphatic rings.